The third-order valence-corrected chi connectivity index (χ3v) is 6.28. The summed E-state index contributed by atoms with van der Waals surface area (Å²) in [7, 11) is 3.36. The van der Waals surface area contributed by atoms with Crippen molar-refractivity contribution < 1.29 is 14.3 Å². The smallest absolute Gasteiger partial charge is 0.230 e. The molecule has 6 heteroatoms. The number of rotatable bonds is 5. The number of nitrogens with zero attached hydrogens (tertiary/aromatic N) is 3. The van der Waals surface area contributed by atoms with Gasteiger partial charge >= 0.3 is 0 Å². The molecule has 1 aromatic heterocycles. The van der Waals surface area contributed by atoms with Crippen LogP contribution in [0.15, 0.2) is 24.3 Å². The van der Waals surface area contributed by atoms with Gasteiger partial charge in [-0.1, -0.05) is 12.1 Å². The molecule has 0 unspecified atom stereocenters. The Hall–Kier alpha value is -2.34. The van der Waals surface area contributed by atoms with Crippen molar-refractivity contribution in [3.8, 4) is 5.75 Å². The molecule has 0 saturated carbocycles. The van der Waals surface area contributed by atoms with Gasteiger partial charge in [-0.25, -0.2) is 4.98 Å². The second kappa shape index (κ2) is 7.59. The molecular weight excluding hydrogens is 354 g/mol. The zero-order chi connectivity index (χ0) is 19.7. The zero-order valence-electron chi connectivity index (χ0n) is 17.0. The van der Waals surface area contributed by atoms with E-state index in [2.05, 4.69) is 24.0 Å². The monoisotopic (exact) mass is 383 g/mol. The van der Waals surface area contributed by atoms with E-state index in [0.29, 0.717) is 13.2 Å². The molecule has 1 spiro atoms. The number of para-hydroxylation sites is 1. The Morgan fingerprint density at radius 1 is 1.21 bits per heavy atom. The highest BCUT2D eigenvalue weighted by atomic mass is 16.5. The number of aromatic nitrogens is 1. The van der Waals surface area contributed by atoms with Gasteiger partial charge in [0.05, 0.1) is 19.1 Å². The number of aryl methyl sites for hydroxylation is 1. The summed E-state index contributed by atoms with van der Waals surface area (Å²) in [6.07, 6.45) is 2.91. The Labute approximate surface area is 166 Å². The van der Waals surface area contributed by atoms with Crippen LogP contribution in [0.3, 0.4) is 0 Å². The molecule has 0 N–H and O–H groups in total. The van der Waals surface area contributed by atoms with Crippen LogP contribution in [0.25, 0.3) is 10.9 Å². The van der Waals surface area contributed by atoms with E-state index >= 15 is 0 Å². The predicted octanol–water partition coefficient (Wildman–Crippen LogP) is 3.02. The van der Waals surface area contributed by atoms with Gasteiger partial charge in [-0.2, -0.15) is 0 Å². The number of piperidine rings is 1. The number of likely N-dealkylation sites (tertiary alicyclic amines) is 1. The highest BCUT2D eigenvalue weighted by Crippen LogP contribution is 2.42. The van der Waals surface area contributed by atoms with E-state index in [4.69, 9.17) is 14.5 Å². The highest BCUT2D eigenvalue weighted by Gasteiger charge is 2.48. The van der Waals surface area contributed by atoms with Gasteiger partial charge in [0.15, 0.2) is 0 Å². The number of anilines is 1. The first kappa shape index (κ1) is 19.0. The van der Waals surface area contributed by atoms with Crippen molar-refractivity contribution >= 4 is 22.6 Å². The van der Waals surface area contributed by atoms with Gasteiger partial charge in [0, 0.05) is 38.7 Å². The summed E-state index contributed by atoms with van der Waals surface area (Å²) in [5.74, 6) is 2.01. The van der Waals surface area contributed by atoms with Crippen molar-refractivity contribution in [2.75, 3.05) is 51.9 Å². The lowest BCUT2D eigenvalue weighted by Crippen LogP contribution is -2.51. The number of pyridine rings is 1. The first-order valence-electron chi connectivity index (χ1n) is 10.1. The minimum Gasteiger partial charge on any atom is -0.494 e. The Balaban J connectivity index is 1.61. The van der Waals surface area contributed by atoms with E-state index in [1.54, 1.807) is 14.2 Å². The van der Waals surface area contributed by atoms with Crippen LogP contribution in [-0.2, 0) is 9.53 Å². The lowest BCUT2D eigenvalue weighted by Gasteiger charge is -2.39. The molecule has 1 amide bonds. The summed E-state index contributed by atoms with van der Waals surface area (Å²) in [5.41, 5.74) is 1.78. The quantitative estimate of drug-likeness (QED) is 0.794. The fourth-order valence-electron chi connectivity index (χ4n) is 4.71. The van der Waals surface area contributed by atoms with Crippen molar-refractivity contribution in [1.29, 1.82) is 0 Å². The molecule has 28 heavy (non-hydrogen) atoms. The van der Waals surface area contributed by atoms with E-state index < -0.39 is 0 Å². The van der Waals surface area contributed by atoms with E-state index in [-0.39, 0.29) is 11.3 Å². The topological polar surface area (TPSA) is 54.9 Å². The van der Waals surface area contributed by atoms with Crippen LogP contribution in [0.5, 0.6) is 5.75 Å². The predicted molar refractivity (Wildman–Crippen MR) is 110 cm³/mol. The number of hydrogen-bond acceptors (Lipinski definition) is 5. The summed E-state index contributed by atoms with van der Waals surface area (Å²) in [4.78, 5) is 22.4. The second-order valence-electron chi connectivity index (χ2n) is 7.99. The first-order valence-corrected chi connectivity index (χ1v) is 10.1. The maximum Gasteiger partial charge on any atom is 0.230 e. The number of methoxy groups -OCH3 is 2. The fraction of sp³-hybridized carbons (Fsp3) is 0.545. The van der Waals surface area contributed by atoms with Crippen molar-refractivity contribution in [1.82, 2.24) is 9.88 Å². The molecular formula is C22H29N3O3. The standard InChI is InChI=1S/C22H29N3O3/c1-16-14-19(23-20-17(16)6-4-7-18(20)28-3)25-11-9-22(15-25)8-5-10-24(21(22)26)12-13-27-2/h4,6-7,14H,5,8-13,15H2,1-3H3/t22-/m0/s1. The number of benzene rings is 1. The van der Waals surface area contributed by atoms with Gasteiger partial charge in [0.25, 0.3) is 0 Å². The van der Waals surface area contributed by atoms with Gasteiger partial charge in [0.2, 0.25) is 5.91 Å². The SMILES string of the molecule is COCCN1CCC[C@@]2(CCN(c3cc(C)c4cccc(OC)c4n3)C2)C1=O. The molecule has 0 aliphatic carbocycles. The van der Waals surface area contributed by atoms with Gasteiger partial charge in [-0.15, -0.1) is 0 Å². The minimum absolute atomic E-state index is 0.280. The van der Waals surface area contributed by atoms with E-state index in [9.17, 15) is 4.79 Å². The molecule has 3 heterocycles. The van der Waals surface area contributed by atoms with Crippen LogP contribution in [0.2, 0.25) is 0 Å². The highest BCUT2D eigenvalue weighted by molar-refractivity contribution is 5.89. The number of carbonyl (C=O) groups is 1. The number of ether oxygens (including phenoxy) is 2. The molecule has 2 aromatic rings. The number of amides is 1. The zero-order valence-corrected chi connectivity index (χ0v) is 17.0. The average Bonchev–Trinajstić information content (AvgIpc) is 3.14. The number of fused-ring (bicyclic) bond motifs is 1. The lowest BCUT2D eigenvalue weighted by molar-refractivity contribution is -0.145. The Morgan fingerprint density at radius 3 is 2.86 bits per heavy atom. The normalized spacial score (nSPS) is 22.5. The molecule has 2 fully saturated rings. The Kier molecular flexibility index (Phi) is 5.15. The van der Waals surface area contributed by atoms with Crippen molar-refractivity contribution in [3.63, 3.8) is 0 Å². The molecule has 2 aliphatic heterocycles. The Bertz CT molecular complexity index is 885. The van der Waals surface area contributed by atoms with Crippen LogP contribution >= 0.6 is 0 Å². The molecule has 1 atom stereocenters. The molecule has 2 saturated heterocycles. The van der Waals surface area contributed by atoms with E-state index in [1.807, 2.05) is 17.0 Å². The van der Waals surface area contributed by atoms with E-state index in [1.165, 1.54) is 5.56 Å². The molecule has 150 valence electrons. The Morgan fingerprint density at radius 2 is 2.07 bits per heavy atom. The molecule has 0 radical (unpaired) electrons. The lowest BCUT2D eigenvalue weighted by atomic mass is 9.78. The average molecular weight is 383 g/mol. The third-order valence-electron chi connectivity index (χ3n) is 6.28. The first-order chi connectivity index (χ1) is 13.6. The summed E-state index contributed by atoms with van der Waals surface area (Å²) < 4.78 is 10.7. The number of carbonyl (C=O) groups excluding carboxylic acids is 1. The van der Waals surface area contributed by atoms with Crippen molar-refractivity contribution in [3.05, 3.63) is 29.8 Å². The summed E-state index contributed by atoms with van der Waals surface area (Å²) in [6.45, 7) is 5.82. The number of hydrogen-bond donors (Lipinski definition) is 0. The van der Waals surface area contributed by atoms with Crippen LogP contribution in [0.4, 0.5) is 5.82 Å². The maximum absolute atomic E-state index is 13.2. The van der Waals surface area contributed by atoms with Crippen LogP contribution < -0.4 is 9.64 Å². The second-order valence-corrected chi connectivity index (χ2v) is 7.99. The van der Waals surface area contributed by atoms with Gasteiger partial charge in [0.1, 0.15) is 17.1 Å². The summed E-state index contributed by atoms with van der Waals surface area (Å²) in [5, 5.41) is 1.11. The maximum atomic E-state index is 13.2. The molecule has 6 nitrogen and oxygen atoms in total. The van der Waals surface area contributed by atoms with Gasteiger partial charge < -0.3 is 19.3 Å². The van der Waals surface area contributed by atoms with Crippen LogP contribution in [0.1, 0.15) is 24.8 Å². The third kappa shape index (κ3) is 3.20. The summed E-state index contributed by atoms with van der Waals surface area (Å²) >= 11 is 0. The molecule has 1 aromatic carbocycles. The van der Waals surface area contributed by atoms with E-state index in [0.717, 1.165) is 61.4 Å². The van der Waals surface area contributed by atoms with Crippen molar-refractivity contribution in [2.24, 2.45) is 5.41 Å². The molecule has 4 rings (SSSR count). The van der Waals surface area contributed by atoms with Gasteiger partial charge in [-0.05, 0) is 43.9 Å². The molecule has 0 bridgehead atoms. The molecule has 2 aliphatic rings. The van der Waals surface area contributed by atoms with Crippen LogP contribution in [-0.4, -0.2) is 62.8 Å². The van der Waals surface area contributed by atoms with Crippen LogP contribution in [0, 0.1) is 12.3 Å². The minimum atomic E-state index is -0.280. The van der Waals surface area contributed by atoms with Crippen molar-refractivity contribution in [2.45, 2.75) is 26.2 Å². The summed E-state index contributed by atoms with van der Waals surface area (Å²) in [6, 6.07) is 8.16. The van der Waals surface area contributed by atoms with Gasteiger partial charge in [-0.3, -0.25) is 4.79 Å². The fourth-order valence-corrected chi connectivity index (χ4v) is 4.71. The largest absolute Gasteiger partial charge is 0.494 e.